The molecule has 1 heterocycles. The van der Waals surface area contributed by atoms with E-state index in [4.69, 9.17) is 9.84 Å². The van der Waals surface area contributed by atoms with E-state index in [1.807, 2.05) is 0 Å². The van der Waals surface area contributed by atoms with Gasteiger partial charge in [0.1, 0.15) is 4.58 Å². The topological polar surface area (TPSA) is 29.5 Å². The molecule has 1 aliphatic rings. The summed E-state index contributed by atoms with van der Waals surface area (Å²) in [7, 11) is 1.53. The minimum absolute atomic E-state index is 0.245. The first-order chi connectivity index (χ1) is 4.34. The van der Waals surface area contributed by atoms with Gasteiger partial charge in [-0.3, -0.25) is 0 Å². The van der Waals surface area contributed by atoms with Gasteiger partial charge in [0, 0.05) is 18.6 Å². The summed E-state index contributed by atoms with van der Waals surface area (Å²) in [5.74, 6) is 2.27. The van der Waals surface area contributed by atoms with Crippen molar-refractivity contribution in [3.63, 3.8) is 0 Å². The lowest BCUT2D eigenvalue weighted by atomic mass is 10.7. The molecule has 1 unspecified atom stereocenters. The molecular weight excluding hydrogens is 156 g/mol. The van der Waals surface area contributed by atoms with Crippen molar-refractivity contribution in [2.24, 2.45) is 0 Å². The fraction of sp³-hybridized carbons (Fsp3) is 1.00. The Morgan fingerprint density at radius 2 is 2.11 bits per heavy atom. The molecule has 0 amide bonds. The molecule has 0 aromatic rings. The standard InChI is InChI=1S/C5H10O2S2/c1-7-4(6)5-8-2-3-9-5/h4-6H,2-3H2,1H3. The summed E-state index contributed by atoms with van der Waals surface area (Å²) in [4.78, 5) is 0. The van der Waals surface area contributed by atoms with Gasteiger partial charge in [-0.15, -0.1) is 23.5 Å². The molecule has 54 valence electrons. The zero-order valence-corrected chi connectivity index (χ0v) is 6.87. The van der Waals surface area contributed by atoms with Crippen LogP contribution >= 0.6 is 23.5 Å². The number of hydrogen-bond donors (Lipinski definition) is 1. The lowest BCUT2D eigenvalue weighted by molar-refractivity contribution is -0.0599. The Bertz CT molecular complexity index is 83.0. The molecule has 2 nitrogen and oxygen atoms in total. The maximum atomic E-state index is 9.09. The Morgan fingerprint density at radius 1 is 1.56 bits per heavy atom. The van der Waals surface area contributed by atoms with Crippen LogP contribution in [0.15, 0.2) is 0 Å². The van der Waals surface area contributed by atoms with Crippen LogP contribution in [0.1, 0.15) is 0 Å². The zero-order chi connectivity index (χ0) is 6.69. The molecule has 1 aliphatic heterocycles. The van der Waals surface area contributed by atoms with Gasteiger partial charge in [0.25, 0.3) is 0 Å². The lowest BCUT2D eigenvalue weighted by Gasteiger charge is -2.13. The molecular formula is C5H10O2S2. The summed E-state index contributed by atoms with van der Waals surface area (Å²) in [6, 6.07) is 0. The van der Waals surface area contributed by atoms with E-state index < -0.39 is 6.29 Å². The highest BCUT2D eigenvalue weighted by Crippen LogP contribution is 2.34. The van der Waals surface area contributed by atoms with E-state index in [1.165, 1.54) is 7.11 Å². The third kappa shape index (κ3) is 2.04. The van der Waals surface area contributed by atoms with E-state index in [2.05, 4.69) is 0 Å². The van der Waals surface area contributed by atoms with E-state index in [0.717, 1.165) is 11.5 Å². The molecule has 1 rings (SSSR count). The van der Waals surface area contributed by atoms with Crippen LogP contribution in [0.3, 0.4) is 0 Å². The van der Waals surface area contributed by atoms with Gasteiger partial charge in [0.2, 0.25) is 0 Å². The van der Waals surface area contributed by atoms with Gasteiger partial charge in [-0.1, -0.05) is 0 Å². The molecule has 0 aliphatic carbocycles. The van der Waals surface area contributed by atoms with Crippen molar-refractivity contribution in [3.8, 4) is 0 Å². The number of aliphatic hydroxyl groups is 1. The summed E-state index contributed by atoms with van der Waals surface area (Å²) in [5.41, 5.74) is 0. The molecule has 0 radical (unpaired) electrons. The van der Waals surface area contributed by atoms with Crippen LogP contribution in [0.4, 0.5) is 0 Å². The molecule has 4 heteroatoms. The van der Waals surface area contributed by atoms with E-state index in [-0.39, 0.29) is 4.58 Å². The Labute approximate surface area is 63.3 Å². The summed E-state index contributed by atoms with van der Waals surface area (Å²) < 4.78 is 4.99. The van der Waals surface area contributed by atoms with Gasteiger partial charge in [-0.05, 0) is 0 Å². The number of ether oxygens (including phenoxy) is 1. The second-order valence-corrected chi connectivity index (χ2v) is 4.53. The normalized spacial score (nSPS) is 24.7. The van der Waals surface area contributed by atoms with Crippen LogP contribution in [0.2, 0.25) is 0 Å². The van der Waals surface area contributed by atoms with Gasteiger partial charge in [0.15, 0.2) is 6.29 Å². The summed E-state index contributed by atoms with van der Waals surface area (Å²) >= 11 is 3.53. The van der Waals surface area contributed by atoms with Crippen molar-refractivity contribution >= 4 is 23.5 Å². The monoisotopic (exact) mass is 166 g/mol. The van der Waals surface area contributed by atoms with Crippen molar-refractivity contribution in [1.82, 2.24) is 0 Å². The highest BCUT2D eigenvalue weighted by Gasteiger charge is 2.23. The fourth-order valence-corrected chi connectivity index (χ4v) is 3.40. The van der Waals surface area contributed by atoms with Crippen LogP contribution in [-0.2, 0) is 4.74 Å². The minimum Gasteiger partial charge on any atom is -0.366 e. The van der Waals surface area contributed by atoms with Crippen molar-refractivity contribution < 1.29 is 9.84 Å². The quantitative estimate of drug-likeness (QED) is 0.613. The molecule has 0 bridgehead atoms. The maximum absolute atomic E-state index is 9.09. The third-order valence-corrected chi connectivity index (χ3v) is 4.20. The third-order valence-electron chi connectivity index (χ3n) is 1.12. The number of thioether (sulfide) groups is 2. The molecule has 1 atom stereocenters. The Hall–Kier alpha value is 0.620. The predicted octanol–water partition coefficient (Wildman–Crippen LogP) is 0.757. The molecule has 0 aromatic carbocycles. The predicted molar refractivity (Wildman–Crippen MR) is 41.7 cm³/mol. The fourth-order valence-electron chi connectivity index (χ4n) is 0.652. The van der Waals surface area contributed by atoms with Gasteiger partial charge in [0.05, 0.1) is 0 Å². The van der Waals surface area contributed by atoms with E-state index in [0.29, 0.717) is 0 Å². The van der Waals surface area contributed by atoms with Gasteiger partial charge in [-0.2, -0.15) is 0 Å². The van der Waals surface area contributed by atoms with E-state index >= 15 is 0 Å². The Balaban J connectivity index is 2.24. The minimum atomic E-state index is -0.581. The summed E-state index contributed by atoms with van der Waals surface area (Å²) in [6.07, 6.45) is -0.581. The Morgan fingerprint density at radius 3 is 2.56 bits per heavy atom. The van der Waals surface area contributed by atoms with Gasteiger partial charge < -0.3 is 9.84 Å². The highest BCUT2D eigenvalue weighted by molar-refractivity contribution is 8.20. The second kappa shape index (κ2) is 3.71. The SMILES string of the molecule is COC(O)C1SCCS1. The number of rotatable bonds is 2. The number of methoxy groups -OCH3 is 1. The van der Waals surface area contributed by atoms with Crippen LogP contribution in [-0.4, -0.2) is 34.6 Å². The first kappa shape index (κ1) is 7.72. The summed E-state index contributed by atoms with van der Waals surface area (Å²) in [6.45, 7) is 0. The first-order valence-electron chi connectivity index (χ1n) is 2.78. The van der Waals surface area contributed by atoms with Crippen LogP contribution in [0.5, 0.6) is 0 Å². The average Bonchev–Trinajstić information content (AvgIpc) is 2.37. The molecule has 0 aromatic heterocycles. The smallest absolute Gasteiger partial charge is 0.175 e. The Kier molecular flexibility index (Phi) is 3.18. The zero-order valence-electron chi connectivity index (χ0n) is 5.24. The lowest BCUT2D eigenvalue weighted by Crippen LogP contribution is -2.19. The van der Waals surface area contributed by atoms with E-state index in [1.54, 1.807) is 23.5 Å². The first-order valence-corrected chi connectivity index (χ1v) is 4.88. The van der Waals surface area contributed by atoms with Gasteiger partial charge >= 0.3 is 0 Å². The van der Waals surface area contributed by atoms with Crippen LogP contribution in [0, 0.1) is 0 Å². The largest absolute Gasteiger partial charge is 0.366 e. The molecule has 9 heavy (non-hydrogen) atoms. The molecule has 1 N–H and O–H groups in total. The van der Waals surface area contributed by atoms with Crippen molar-refractivity contribution in [2.75, 3.05) is 18.6 Å². The van der Waals surface area contributed by atoms with Crippen LogP contribution in [0.25, 0.3) is 0 Å². The second-order valence-electron chi connectivity index (χ2n) is 1.74. The molecule has 1 saturated heterocycles. The summed E-state index contributed by atoms with van der Waals surface area (Å²) in [5, 5.41) is 9.09. The number of aliphatic hydroxyl groups excluding tert-OH is 1. The van der Waals surface area contributed by atoms with E-state index in [9.17, 15) is 0 Å². The molecule has 0 spiro atoms. The van der Waals surface area contributed by atoms with Crippen molar-refractivity contribution in [3.05, 3.63) is 0 Å². The maximum Gasteiger partial charge on any atom is 0.175 e. The number of hydrogen-bond acceptors (Lipinski definition) is 4. The molecule has 1 fully saturated rings. The highest BCUT2D eigenvalue weighted by atomic mass is 32.2. The average molecular weight is 166 g/mol. The van der Waals surface area contributed by atoms with Crippen LogP contribution < -0.4 is 0 Å². The molecule has 0 saturated carbocycles. The van der Waals surface area contributed by atoms with Crippen molar-refractivity contribution in [2.45, 2.75) is 10.9 Å². The van der Waals surface area contributed by atoms with Crippen molar-refractivity contribution in [1.29, 1.82) is 0 Å². The van der Waals surface area contributed by atoms with Gasteiger partial charge in [-0.25, -0.2) is 0 Å².